The van der Waals surface area contributed by atoms with Crippen molar-refractivity contribution in [2.24, 2.45) is 0 Å². The lowest BCUT2D eigenvalue weighted by Crippen LogP contribution is -2.17. The van der Waals surface area contributed by atoms with E-state index in [1.807, 2.05) is 62.6 Å². The summed E-state index contributed by atoms with van der Waals surface area (Å²) < 4.78 is 1.88. The first-order valence-electron chi connectivity index (χ1n) is 7.86. The normalized spacial score (nSPS) is 11.0. The largest absolute Gasteiger partial charge is 0.320 e. The molecular weight excluding hydrogens is 286 g/mol. The SMILES string of the molecule is CCc1nc2c(C)cccn2c1C(=O)Nc1ccc(C)cc1C. The second-order valence-corrected chi connectivity index (χ2v) is 5.92. The first-order chi connectivity index (χ1) is 11.0. The van der Waals surface area contributed by atoms with E-state index < -0.39 is 0 Å². The minimum absolute atomic E-state index is 0.119. The van der Waals surface area contributed by atoms with Crippen molar-refractivity contribution in [3.8, 4) is 0 Å². The number of pyridine rings is 1. The third-order valence-corrected chi connectivity index (χ3v) is 4.10. The molecule has 4 heteroatoms. The molecule has 0 saturated heterocycles. The highest BCUT2D eigenvalue weighted by Crippen LogP contribution is 2.20. The number of aromatic nitrogens is 2. The van der Waals surface area contributed by atoms with Gasteiger partial charge in [0.1, 0.15) is 11.3 Å². The van der Waals surface area contributed by atoms with E-state index in [9.17, 15) is 4.79 Å². The Bertz CT molecular complexity index is 893. The fraction of sp³-hybridized carbons (Fsp3) is 0.263. The summed E-state index contributed by atoms with van der Waals surface area (Å²) in [7, 11) is 0. The third kappa shape index (κ3) is 2.72. The molecule has 0 bridgehead atoms. The number of amides is 1. The summed E-state index contributed by atoms with van der Waals surface area (Å²) in [6.45, 7) is 8.07. The van der Waals surface area contributed by atoms with E-state index in [1.165, 1.54) is 5.56 Å². The number of aryl methyl sites for hydroxylation is 4. The van der Waals surface area contributed by atoms with Gasteiger partial charge in [0.25, 0.3) is 5.91 Å². The molecule has 1 amide bonds. The van der Waals surface area contributed by atoms with Gasteiger partial charge in [0.2, 0.25) is 0 Å². The number of carbonyl (C=O) groups is 1. The summed E-state index contributed by atoms with van der Waals surface area (Å²) in [4.78, 5) is 17.5. The summed E-state index contributed by atoms with van der Waals surface area (Å²) in [6.07, 6.45) is 2.61. The Labute approximate surface area is 136 Å². The number of rotatable bonds is 3. The number of fused-ring (bicyclic) bond motifs is 1. The van der Waals surface area contributed by atoms with Crippen LogP contribution in [0.25, 0.3) is 5.65 Å². The van der Waals surface area contributed by atoms with Crippen LogP contribution in [0.4, 0.5) is 5.69 Å². The van der Waals surface area contributed by atoms with Crippen molar-refractivity contribution in [2.75, 3.05) is 5.32 Å². The number of imidazole rings is 1. The van der Waals surface area contributed by atoms with Crippen LogP contribution in [0, 0.1) is 20.8 Å². The van der Waals surface area contributed by atoms with Crippen molar-refractivity contribution in [1.29, 1.82) is 0 Å². The Hall–Kier alpha value is -2.62. The van der Waals surface area contributed by atoms with Crippen LogP contribution in [-0.4, -0.2) is 15.3 Å². The Morgan fingerprint density at radius 3 is 2.65 bits per heavy atom. The number of nitrogens with one attached hydrogen (secondary N) is 1. The van der Waals surface area contributed by atoms with E-state index in [0.29, 0.717) is 5.69 Å². The standard InChI is InChI=1S/C19H21N3O/c1-5-15-17(22-10-6-7-13(3)18(22)20-15)19(23)21-16-9-8-12(2)11-14(16)4/h6-11H,5H2,1-4H3,(H,21,23). The fourth-order valence-electron chi connectivity index (χ4n) is 2.87. The van der Waals surface area contributed by atoms with E-state index in [1.54, 1.807) is 0 Å². The number of nitrogens with zero attached hydrogens (tertiary/aromatic N) is 2. The molecule has 23 heavy (non-hydrogen) atoms. The van der Waals surface area contributed by atoms with Gasteiger partial charge in [-0.3, -0.25) is 9.20 Å². The van der Waals surface area contributed by atoms with Crippen LogP contribution in [0.15, 0.2) is 36.5 Å². The maximum absolute atomic E-state index is 12.8. The highest BCUT2D eigenvalue weighted by Gasteiger charge is 2.19. The summed E-state index contributed by atoms with van der Waals surface area (Å²) in [5, 5.41) is 3.03. The summed E-state index contributed by atoms with van der Waals surface area (Å²) in [5.74, 6) is -0.119. The molecule has 3 aromatic rings. The van der Waals surface area contributed by atoms with Crippen molar-refractivity contribution in [2.45, 2.75) is 34.1 Å². The lowest BCUT2D eigenvalue weighted by Gasteiger charge is -2.10. The van der Waals surface area contributed by atoms with Crippen LogP contribution >= 0.6 is 0 Å². The average Bonchev–Trinajstić information content (AvgIpc) is 2.90. The highest BCUT2D eigenvalue weighted by molar-refractivity contribution is 6.05. The topological polar surface area (TPSA) is 46.4 Å². The van der Waals surface area contributed by atoms with Gasteiger partial charge in [0, 0.05) is 11.9 Å². The molecule has 0 radical (unpaired) electrons. The summed E-state index contributed by atoms with van der Waals surface area (Å²) in [6, 6.07) is 9.96. The molecule has 3 rings (SSSR count). The zero-order valence-corrected chi connectivity index (χ0v) is 14.0. The van der Waals surface area contributed by atoms with Crippen LogP contribution in [-0.2, 0) is 6.42 Å². The van der Waals surface area contributed by atoms with Gasteiger partial charge in [-0.15, -0.1) is 0 Å². The molecule has 1 aromatic carbocycles. The Balaban J connectivity index is 2.05. The predicted octanol–water partition coefficient (Wildman–Crippen LogP) is 4.07. The van der Waals surface area contributed by atoms with E-state index in [4.69, 9.17) is 0 Å². The smallest absolute Gasteiger partial charge is 0.274 e. The number of hydrogen-bond donors (Lipinski definition) is 1. The van der Waals surface area contributed by atoms with Gasteiger partial charge >= 0.3 is 0 Å². The molecular formula is C19H21N3O. The van der Waals surface area contributed by atoms with Gasteiger partial charge < -0.3 is 5.32 Å². The van der Waals surface area contributed by atoms with Crippen LogP contribution < -0.4 is 5.32 Å². The van der Waals surface area contributed by atoms with Gasteiger partial charge in [-0.1, -0.05) is 30.7 Å². The first kappa shape index (κ1) is 15.3. The molecule has 0 fully saturated rings. The zero-order chi connectivity index (χ0) is 16.6. The number of carbonyl (C=O) groups excluding carboxylic acids is 1. The molecule has 0 saturated carbocycles. The average molecular weight is 307 g/mol. The molecule has 0 unspecified atom stereocenters. The van der Waals surface area contributed by atoms with Crippen molar-refractivity contribution in [1.82, 2.24) is 9.38 Å². The Morgan fingerprint density at radius 1 is 1.17 bits per heavy atom. The lowest BCUT2D eigenvalue weighted by atomic mass is 10.1. The number of anilines is 1. The van der Waals surface area contributed by atoms with Crippen LogP contribution in [0.3, 0.4) is 0 Å². The molecule has 0 aliphatic carbocycles. The lowest BCUT2D eigenvalue weighted by molar-refractivity contribution is 0.102. The molecule has 2 aromatic heterocycles. The fourth-order valence-corrected chi connectivity index (χ4v) is 2.87. The molecule has 0 aliphatic rings. The third-order valence-electron chi connectivity index (χ3n) is 4.10. The van der Waals surface area contributed by atoms with Crippen molar-refractivity contribution < 1.29 is 4.79 Å². The van der Waals surface area contributed by atoms with Crippen molar-refractivity contribution >= 4 is 17.2 Å². The molecule has 2 heterocycles. The molecule has 1 N–H and O–H groups in total. The second kappa shape index (κ2) is 5.88. The van der Waals surface area contributed by atoms with Gasteiger partial charge in [-0.25, -0.2) is 4.98 Å². The monoisotopic (exact) mass is 307 g/mol. The summed E-state index contributed by atoms with van der Waals surface area (Å²) in [5.41, 5.74) is 6.42. The second-order valence-electron chi connectivity index (χ2n) is 5.92. The van der Waals surface area contributed by atoms with Crippen molar-refractivity contribution in [3.05, 3.63) is 64.6 Å². The van der Waals surface area contributed by atoms with Crippen LogP contribution in [0.5, 0.6) is 0 Å². The maximum Gasteiger partial charge on any atom is 0.274 e. The van der Waals surface area contributed by atoms with E-state index in [-0.39, 0.29) is 5.91 Å². The Morgan fingerprint density at radius 2 is 1.96 bits per heavy atom. The quantitative estimate of drug-likeness (QED) is 0.792. The minimum atomic E-state index is -0.119. The Kier molecular flexibility index (Phi) is 3.90. The van der Waals surface area contributed by atoms with E-state index >= 15 is 0 Å². The first-order valence-corrected chi connectivity index (χ1v) is 7.86. The molecule has 0 aliphatic heterocycles. The van der Waals surface area contributed by atoms with Crippen molar-refractivity contribution in [3.63, 3.8) is 0 Å². The molecule has 0 atom stereocenters. The van der Waals surface area contributed by atoms with Gasteiger partial charge in [-0.05, 0) is 50.5 Å². The van der Waals surface area contributed by atoms with Gasteiger partial charge in [0.15, 0.2) is 0 Å². The number of benzene rings is 1. The van der Waals surface area contributed by atoms with E-state index in [2.05, 4.69) is 16.4 Å². The maximum atomic E-state index is 12.8. The summed E-state index contributed by atoms with van der Waals surface area (Å²) >= 11 is 0. The van der Waals surface area contributed by atoms with E-state index in [0.717, 1.165) is 34.6 Å². The van der Waals surface area contributed by atoms with Gasteiger partial charge in [-0.2, -0.15) is 0 Å². The molecule has 0 spiro atoms. The zero-order valence-electron chi connectivity index (χ0n) is 14.0. The molecule has 4 nitrogen and oxygen atoms in total. The minimum Gasteiger partial charge on any atom is -0.320 e. The van der Waals surface area contributed by atoms with Crippen LogP contribution in [0.2, 0.25) is 0 Å². The van der Waals surface area contributed by atoms with Gasteiger partial charge in [0.05, 0.1) is 5.69 Å². The highest BCUT2D eigenvalue weighted by atomic mass is 16.2. The predicted molar refractivity (Wildman–Crippen MR) is 93.2 cm³/mol. The number of hydrogen-bond acceptors (Lipinski definition) is 2. The van der Waals surface area contributed by atoms with Crippen LogP contribution in [0.1, 0.15) is 39.8 Å². The molecule has 118 valence electrons.